The summed E-state index contributed by atoms with van der Waals surface area (Å²) >= 11 is 1.57. The highest BCUT2D eigenvalue weighted by molar-refractivity contribution is 7.13. The number of nitrogens with zero attached hydrogens (tertiary/aromatic N) is 1. The average molecular weight is 295 g/mol. The molecule has 0 amide bonds. The van der Waals surface area contributed by atoms with Crippen LogP contribution in [0.5, 0.6) is 0 Å². The maximum atomic E-state index is 11.0. The molecule has 0 aliphatic carbocycles. The maximum Gasteiger partial charge on any atom is 0.335 e. The number of aromatic nitrogens is 1. The molecule has 0 radical (unpaired) electrons. The highest BCUT2D eigenvalue weighted by Gasteiger charge is 2.10. The fraction of sp³-hybridized carbons (Fsp3) is 0.0588. The quantitative estimate of drug-likeness (QED) is 0.775. The van der Waals surface area contributed by atoms with Crippen molar-refractivity contribution in [2.75, 3.05) is 0 Å². The lowest BCUT2D eigenvalue weighted by Gasteiger charge is -2.01. The number of benzene rings is 2. The lowest BCUT2D eigenvalue weighted by atomic mass is 10.1. The molecule has 1 heterocycles. The predicted octanol–water partition coefficient (Wildman–Crippen LogP) is 4.48. The van der Waals surface area contributed by atoms with Gasteiger partial charge in [0.05, 0.1) is 11.3 Å². The highest BCUT2D eigenvalue weighted by atomic mass is 32.1. The Morgan fingerprint density at radius 1 is 1.14 bits per heavy atom. The second kappa shape index (κ2) is 5.50. The van der Waals surface area contributed by atoms with E-state index in [2.05, 4.69) is 18.0 Å². The Balaban J connectivity index is 2.01. The summed E-state index contributed by atoms with van der Waals surface area (Å²) in [6.45, 7) is 2.06. The minimum Gasteiger partial charge on any atom is -0.478 e. The van der Waals surface area contributed by atoms with Gasteiger partial charge in [-0.25, -0.2) is 9.78 Å². The zero-order valence-corrected chi connectivity index (χ0v) is 12.2. The summed E-state index contributed by atoms with van der Waals surface area (Å²) in [7, 11) is 0. The van der Waals surface area contributed by atoms with Gasteiger partial charge < -0.3 is 5.11 Å². The first kappa shape index (κ1) is 13.5. The van der Waals surface area contributed by atoms with Gasteiger partial charge in [-0.2, -0.15) is 0 Å². The number of thiazole rings is 1. The Morgan fingerprint density at radius 2 is 1.95 bits per heavy atom. The van der Waals surface area contributed by atoms with E-state index in [1.54, 1.807) is 29.5 Å². The second-order valence-corrected chi connectivity index (χ2v) is 5.60. The second-order valence-electron chi connectivity index (χ2n) is 4.74. The zero-order chi connectivity index (χ0) is 14.8. The Kier molecular flexibility index (Phi) is 3.54. The molecule has 104 valence electrons. The van der Waals surface area contributed by atoms with Gasteiger partial charge in [0, 0.05) is 16.5 Å². The van der Waals surface area contributed by atoms with Gasteiger partial charge in [0.1, 0.15) is 5.01 Å². The topological polar surface area (TPSA) is 50.2 Å². The largest absolute Gasteiger partial charge is 0.478 e. The minimum atomic E-state index is -0.925. The lowest BCUT2D eigenvalue weighted by Crippen LogP contribution is -1.95. The van der Waals surface area contributed by atoms with E-state index in [9.17, 15) is 4.79 Å². The van der Waals surface area contributed by atoms with E-state index >= 15 is 0 Å². The van der Waals surface area contributed by atoms with Crippen LogP contribution in [0.2, 0.25) is 0 Å². The molecule has 1 aromatic heterocycles. The van der Waals surface area contributed by atoms with Crippen molar-refractivity contribution in [2.45, 2.75) is 6.92 Å². The van der Waals surface area contributed by atoms with Crippen molar-refractivity contribution in [3.63, 3.8) is 0 Å². The smallest absolute Gasteiger partial charge is 0.335 e. The summed E-state index contributed by atoms with van der Waals surface area (Å²) < 4.78 is 0. The summed E-state index contributed by atoms with van der Waals surface area (Å²) in [6.07, 6.45) is 0. The molecule has 1 N–H and O–H groups in total. The van der Waals surface area contributed by atoms with Gasteiger partial charge in [-0.05, 0) is 24.6 Å². The molecule has 0 spiro atoms. The van der Waals surface area contributed by atoms with Crippen LogP contribution in [-0.4, -0.2) is 16.1 Å². The van der Waals surface area contributed by atoms with E-state index in [1.807, 2.05) is 29.6 Å². The predicted molar refractivity (Wildman–Crippen MR) is 84.7 cm³/mol. The molecule has 3 nitrogen and oxygen atoms in total. The van der Waals surface area contributed by atoms with Crippen LogP contribution in [0.4, 0.5) is 0 Å². The van der Waals surface area contributed by atoms with Crippen molar-refractivity contribution < 1.29 is 9.90 Å². The fourth-order valence-electron chi connectivity index (χ4n) is 2.15. The van der Waals surface area contributed by atoms with Crippen LogP contribution >= 0.6 is 11.3 Å². The van der Waals surface area contributed by atoms with E-state index in [0.29, 0.717) is 0 Å². The standard InChI is InChI=1S/C17H13NO2S/c1-11-5-2-3-8-14(11)16-18-15(10-21-16)12-6-4-7-13(9-12)17(19)20/h2-10H,1H3,(H,19,20). The van der Waals surface area contributed by atoms with Crippen molar-refractivity contribution in [2.24, 2.45) is 0 Å². The monoisotopic (exact) mass is 295 g/mol. The number of aryl methyl sites for hydroxylation is 1. The third kappa shape index (κ3) is 2.71. The Hall–Kier alpha value is -2.46. The average Bonchev–Trinajstić information content (AvgIpc) is 2.97. The van der Waals surface area contributed by atoms with Crippen molar-refractivity contribution in [1.82, 2.24) is 4.98 Å². The molecule has 0 saturated carbocycles. The number of aromatic carboxylic acids is 1. The number of carboxylic acids is 1. The summed E-state index contributed by atoms with van der Waals surface area (Å²) in [5.74, 6) is -0.925. The van der Waals surface area contributed by atoms with Crippen molar-refractivity contribution in [3.05, 3.63) is 65.0 Å². The van der Waals surface area contributed by atoms with Crippen molar-refractivity contribution in [1.29, 1.82) is 0 Å². The Morgan fingerprint density at radius 3 is 2.71 bits per heavy atom. The number of rotatable bonds is 3. The summed E-state index contributed by atoms with van der Waals surface area (Å²) in [6, 6.07) is 15.0. The third-order valence-electron chi connectivity index (χ3n) is 3.28. The number of hydrogen-bond acceptors (Lipinski definition) is 3. The SMILES string of the molecule is Cc1ccccc1-c1nc(-c2cccc(C(=O)O)c2)cs1. The van der Waals surface area contributed by atoms with Gasteiger partial charge in [-0.3, -0.25) is 0 Å². The molecule has 3 rings (SSSR count). The van der Waals surface area contributed by atoms with Crippen molar-refractivity contribution >= 4 is 17.3 Å². The molecule has 0 aliphatic heterocycles. The van der Waals surface area contributed by atoms with Crippen LogP contribution < -0.4 is 0 Å². The van der Waals surface area contributed by atoms with Crippen LogP contribution in [-0.2, 0) is 0 Å². The molecule has 3 aromatic rings. The van der Waals surface area contributed by atoms with Gasteiger partial charge in [-0.1, -0.05) is 36.4 Å². The number of carbonyl (C=O) groups is 1. The molecule has 4 heteroatoms. The van der Waals surface area contributed by atoms with E-state index in [4.69, 9.17) is 5.11 Å². The molecule has 21 heavy (non-hydrogen) atoms. The third-order valence-corrected chi connectivity index (χ3v) is 4.16. The van der Waals surface area contributed by atoms with E-state index in [-0.39, 0.29) is 5.56 Å². The van der Waals surface area contributed by atoms with Gasteiger partial charge in [0.15, 0.2) is 0 Å². The molecular weight excluding hydrogens is 282 g/mol. The van der Waals surface area contributed by atoms with Gasteiger partial charge in [-0.15, -0.1) is 11.3 Å². The normalized spacial score (nSPS) is 10.5. The zero-order valence-electron chi connectivity index (χ0n) is 11.4. The van der Waals surface area contributed by atoms with Crippen LogP contribution in [0.1, 0.15) is 15.9 Å². The first-order chi connectivity index (χ1) is 10.1. The van der Waals surface area contributed by atoms with Crippen LogP contribution in [0.25, 0.3) is 21.8 Å². The van der Waals surface area contributed by atoms with E-state index < -0.39 is 5.97 Å². The highest BCUT2D eigenvalue weighted by Crippen LogP contribution is 2.30. The molecule has 0 saturated heterocycles. The van der Waals surface area contributed by atoms with Crippen LogP contribution in [0.3, 0.4) is 0 Å². The summed E-state index contributed by atoms with van der Waals surface area (Å²) in [5.41, 5.74) is 4.20. The molecule has 0 atom stereocenters. The first-order valence-electron chi connectivity index (χ1n) is 6.50. The Labute approximate surface area is 126 Å². The van der Waals surface area contributed by atoms with Crippen LogP contribution in [0, 0.1) is 6.92 Å². The molecule has 2 aromatic carbocycles. The summed E-state index contributed by atoms with van der Waals surface area (Å²) in [5, 5.41) is 12.0. The molecule has 0 unspecified atom stereocenters. The number of carboxylic acid groups (broad SMARTS) is 1. The molecule has 0 bridgehead atoms. The molecule has 0 fully saturated rings. The van der Waals surface area contributed by atoms with Gasteiger partial charge >= 0.3 is 5.97 Å². The van der Waals surface area contributed by atoms with E-state index in [1.165, 1.54) is 5.56 Å². The van der Waals surface area contributed by atoms with Gasteiger partial charge in [0.2, 0.25) is 0 Å². The lowest BCUT2D eigenvalue weighted by molar-refractivity contribution is 0.0697. The van der Waals surface area contributed by atoms with Crippen LogP contribution in [0.15, 0.2) is 53.9 Å². The fourth-order valence-corrected chi connectivity index (χ4v) is 3.07. The number of hydrogen-bond donors (Lipinski definition) is 1. The van der Waals surface area contributed by atoms with Gasteiger partial charge in [0.25, 0.3) is 0 Å². The Bertz CT molecular complexity index is 808. The molecule has 0 aliphatic rings. The maximum absolute atomic E-state index is 11.0. The van der Waals surface area contributed by atoms with Crippen molar-refractivity contribution in [3.8, 4) is 21.8 Å². The molecular formula is C17H13NO2S. The first-order valence-corrected chi connectivity index (χ1v) is 7.38. The van der Waals surface area contributed by atoms with E-state index in [0.717, 1.165) is 21.8 Å². The summed E-state index contributed by atoms with van der Waals surface area (Å²) in [4.78, 5) is 15.7. The minimum absolute atomic E-state index is 0.276.